The van der Waals surface area contributed by atoms with Gasteiger partial charge < -0.3 is 45.2 Å². The Labute approximate surface area is 476 Å². The van der Waals surface area contributed by atoms with Crippen LogP contribution in [0.3, 0.4) is 0 Å². The molecule has 6 N–H and O–H groups in total. The van der Waals surface area contributed by atoms with E-state index in [1.165, 1.54) is 26.2 Å². The number of rotatable bonds is 17. The van der Waals surface area contributed by atoms with Gasteiger partial charge in [-0.05, 0) is 78.4 Å². The van der Waals surface area contributed by atoms with E-state index in [0.717, 1.165) is 40.7 Å². The van der Waals surface area contributed by atoms with Crippen molar-refractivity contribution < 1.29 is 19.0 Å². The Morgan fingerprint density at radius 2 is 1.54 bits per heavy atom. The summed E-state index contributed by atoms with van der Waals surface area (Å²) in [5.41, 5.74) is 4.14. The molecule has 12 heterocycles. The molecular formula is C48H45Cl4N23O4S. The van der Waals surface area contributed by atoms with Gasteiger partial charge in [-0.25, -0.2) is 24.9 Å². The lowest BCUT2D eigenvalue weighted by atomic mass is 9.96. The molecule has 0 aliphatic heterocycles. The summed E-state index contributed by atoms with van der Waals surface area (Å²) in [7, 11) is 1.51. The molecule has 1 fully saturated rings. The van der Waals surface area contributed by atoms with Crippen LogP contribution in [0.15, 0.2) is 108 Å². The van der Waals surface area contributed by atoms with E-state index in [1.54, 1.807) is 69.8 Å². The summed E-state index contributed by atoms with van der Waals surface area (Å²) in [6, 6.07) is 13.6. The van der Waals surface area contributed by atoms with Crippen LogP contribution in [0.25, 0.3) is 33.9 Å². The first-order valence-electron chi connectivity index (χ1n) is 24.2. The van der Waals surface area contributed by atoms with E-state index in [9.17, 15) is 5.11 Å². The van der Waals surface area contributed by atoms with Crippen LogP contribution < -0.4 is 30.7 Å². The van der Waals surface area contributed by atoms with E-state index in [4.69, 9.17) is 60.3 Å². The Balaban J connectivity index is 0.000000121. The van der Waals surface area contributed by atoms with Crippen molar-refractivity contribution in [1.29, 1.82) is 0 Å². The third kappa shape index (κ3) is 13.9. The maximum Gasteiger partial charge on any atom is 0.298 e. The van der Waals surface area contributed by atoms with Crippen LogP contribution >= 0.6 is 57.7 Å². The monoisotopic (exact) mass is 1180 g/mol. The number of anilines is 4. The molecule has 13 rings (SSSR count). The SMILES string of the molecule is COc1nc2c(NCc3ccncc3)nc(Cl)nc2n1CCO.Clc1cc(NCc2ccco2)n2ccnc2n1.Clc1cc(NCc2ccncn2)n2ncnc2n1.Clc1nc(NCc2nccs2)c2[nH]c(OC3CCC3)nc2n1. The summed E-state index contributed by atoms with van der Waals surface area (Å²) >= 11 is 25.4. The standard InChI is InChI=1S/C14H15ClN6O2.C13H13ClN6OS.C11H9ClN4O.C10H8ClN7/c1-23-14-18-10-11(17-8-9-2-4-16-5-3-9)19-13(15)20-12(10)21(14)6-7-22;14-12-18-10(16-6-8-15-4-5-22-8)9-11(19-12)20-13(17-9)21-7-2-1-3-7;12-9-6-10(14-7-8-2-1-5-17-8)16-4-3-13-11(16)15-9;11-8-3-9(18-10(17-8)15-6-16-18)13-4-7-1-2-12-5-14-7/h2-5,22H,6-8H2,1H3,(H,17,19,20);4-5,7H,1-3,6H2,(H2,16,17,18,19,20);1-6,14H,7H2;1-3,5-6,13H,4H2. The van der Waals surface area contributed by atoms with Crippen molar-refractivity contribution in [3.05, 3.63) is 147 Å². The second kappa shape index (κ2) is 26.3. The first kappa shape index (κ1) is 54.7. The highest BCUT2D eigenvalue weighted by Gasteiger charge is 2.22. The highest BCUT2D eigenvalue weighted by atomic mass is 35.5. The van der Waals surface area contributed by atoms with Gasteiger partial charge in [0.05, 0.1) is 51.9 Å². The molecular weight excluding hydrogens is 1140 g/mol. The van der Waals surface area contributed by atoms with Crippen LogP contribution in [0.5, 0.6) is 12.0 Å². The highest BCUT2D eigenvalue weighted by molar-refractivity contribution is 7.09. The molecule has 1 saturated carbocycles. The number of pyridine rings is 1. The number of nitrogens with zero attached hydrogens (tertiary/aromatic N) is 18. The molecule has 0 bridgehead atoms. The predicted molar refractivity (Wildman–Crippen MR) is 299 cm³/mol. The molecule has 0 amide bonds. The number of fused-ring (bicyclic) bond motifs is 4. The van der Waals surface area contributed by atoms with E-state index in [1.807, 2.05) is 46.3 Å². The van der Waals surface area contributed by atoms with E-state index in [-0.39, 0.29) is 23.3 Å². The zero-order valence-electron chi connectivity index (χ0n) is 41.9. The fraction of sp³-hybridized carbons (Fsp3) is 0.229. The van der Waals surface area contributed by atoms with E-state index in [0.29, 0.717) is 106 Å². The van der Waals surface area contributed by atoms with E-state index < -0.39 is 0 Å². The highest BCUT2D eigenvalue weighted by Crippen LogP contribution is 2.29. The third-order valence-electron chi connectivity index (χ3n) is 11.5. The number of aliphatic hydroxyl groups is 1. The molecule has 410 valence electrons. The van der Waals surface area contributed by atoms with Crippen molar-refractivity contribution in [3.63, 3.8) is 0 Å². The first-order chi connectivity index (χ1) is 39.2. The molecule has 0 atom stereocenters. The van der Waals surface area contributed by atoms with Crippen molar-refractivity contribution in [3.8, 4) is 12.0 Å². The van der Waals surface area contributed by atoms with Crippen molar-refractivity contribution >= 4 is 115 Å². The minimum absolute atomic E-state index is 0.0663. The number of thiazole rings is 1. The van der Waals surface area contributed by atoms with Gasteiger partial charge in [-0.3, -0.25) is 14.0 Å². The van der Waals surface area contributed by atoms with Gasteiger partial charge in [0.25, 0.3) is 17.8 Å². The molecule has 0 unspecified atom stereocenters. The normalized spacial score (nSPS) is 12.0. The quantitative estimate of drug-likeness (QED) is 0.0369. The minimum Gasteiger partial charge on any atom is -0.468 e. The Hall–Kier alpha value is -8.67. The van der Waals surface area contributed by atoms with E-state index >= 15 is 0 Å². The average Bonchev–Trinajstić information content (AvgIpc) is 4.38. The largest absolute Gasteiger partial charge is 0.468 e. The zero-order chi connectivity index (χ0) is 55.2. The number of imidazole rings is 3. The van der Waals surface area contributed by atoms with Gasteiger partial charge in [0.15, 0.2) is 28.4 Å². The second-order valence-electron chi connectivity index (χ2n) is 16.7. The van der Waals surface area contributed by atoms with Crippen LogP contribution in [-0.2, 0) is 32.7 Å². The molecule has 27 nitrogen and oxygen atoms in total. The lowest BCUT2D eigenvalue weighted by Crippen LogP contribution is -2.24. The summed E-state index contributed by atoms with van der Waals surface area (Å²) in [6.07, 6.45) is 18.6. The molecule has 12 aromatic heterocycles. The van der Waals surface area contributed by atoms with Crippen molar-refractivity contribution in [2.24, 2.45) is 0 Å². The molecule has 0 saturated heterocycles. The molecule has 32 heteroatoms. The Morgan fingerprint density at radius 3 is 2.29 bits per heavy atom. The lowest BCUT2D eigenvalue weighted by Gasteiger charge is -2.24. The van der Waals surface area contributed by atoms with Gasteiger partial charge in [0.1, 0.15) is 57.0 Å². The molecule has 0 spiro atoms. The number of aromatic amines is 1. The number of hydrogen-bond donors (Lipinski definition) is 6. The summed E-state index contributed by atoms with van der Waals surface area (Å²) in [5.74, 6) is 4.52. The maximum atomic E-state index is 9.21. The number of hydrogen-bond acceptors (Lipinski definition) is 24. The topological polar surface area (TPSA) is 323 Å². The predicted octanol–water partition coefficient (Wildman–Crippen LogP) is 8.26. The fourth-order valence-electron chi connectivity index (χ4n) is 7.52. The summed E-state index contributed by atoms with van der Waals surface area (Å²) in [4.78, 5) is 61.0. The number of ether oxygens (including phenoxy) is 2. The molecule has 1 aliphatic carbocycles. The number of aliphatic hydroxyl groups excluding tert-OH is 1. The van der Waals surface area contributed by atoms with Crippen LogP contribution in [0.1, 0.15) is 41.3 Å². The molecule has 80 heavy (non-hydrogen) atoms. The Morgan fingerprint density at radius 1 is 0.750 bits per heavy atom. The van der Waals surface area contributed by atoms with Crippen LogP contribution in [-0.4, -0.2) is 118 Å². The molecule has 1 aliphatic rings. The molecule has 12 aromatic rings. The summed E-state index contributed by atoms with van der Waals surface area (Å²) in [6.45, 7) is 2.47. The van der Waals surface area contributed by atoms with Gasteiger partial charge >= 0.3 is 0 Å². The minimum atomic E-state index is -0.0663. The van der Waals surface area contributed by atoms with Crippen LogP contribution in [0.2, 0.25) is 20.9 Å². The van der Waals surface area contributed by atoms with Gasteiger partial charge in [0, 0.05) is 61.2 Å². The number of H-pyrrole nitrogens is 1. The lowest BCUT2D eigenvalue weighted by molar-refractivity contribution is 0.110. The number of halogens is 4. The number of nitrogens with one attached hydrogen (secondary N) is 5. The zero-order valence-corrected chi connectivity index (χ0v) is 45.7. The van der Waals surface area contributed by atoms with Crippen molar-refractivity contribution in [2.45, 2.75) is 58.1 Å². The molecule has 0 radical (unpaired) electrons. The van der Waals surface area contributed by atoms with Gasteiger partial charge in [-0.2, -0.15) is 49.5 Å². The van der Waals surface area contributed by atoms with E-state index in [2.05, 4.69) is 101 Å². The summed E-state index contributed by atoms with van der Waals surface area (Å²) < 4.78 is 21.3. The second-order valence-corrected chi connectivity index (χ2v) is 19.1. The van der Waals surface area contributed by atoms with Gasteiger partial charge in [-0.1, -0.05) is 23.2 Å². The number of methoxy groups -OCH3 is 1. The van der Waals surface area contributed by atoms with Crippen molar-refractivity contribution in [2.75, 3.05) is 35.0 Å². The van der Waals surface area contributed by atoms with Gasteiger partial charge in [-0.15, -0.1) is 11.3 Å². The van der Waals surface area contributed by atoms with Gasteiger partial charge in [0.2, 0.25) is 16.3 Å². The average molecular weight is 1180 g/mol. The Bertz CT molecular complexity index is 3900. The van der Waals surface area contributed by atoms with Crippen molar-refractivity contribution in [1.82, 2.24) is 93.3 Å². The number of furan rings is 1. The fourth-order valence-corrected chi connectivity index (χ4v) is 8.76. The first-order valence-corrected chi connectivity index (χ1v) is 26.6. The smallest absolute Gasteiger partial charge is 0.298 e. The Kier molecular flexibility index (Phi) is 18.0. The molecule has 0 aromatic carbocycles. The van der Waals surface area contributed by atoms with Crippen LogP contribution in [0, 0.1) is 0 Å². The maximum absolute atomic E-state index is 9.21. The summed E-state index contributed by atoms with van der Waals surface area (Å²) in [5, 5.41) is 30.0. The third-order valence-corrected chi connectivity index (χ3v) is 13.0. The number of aromatic nitrogens is 19. The van der Waals surface area contributed by atoms with Crippen LogP contribution in [0.4, 0.5) is 23.3 Å².